The highest BCUT2D eigenvalue weighted by molar-refractivity contribution is 7.90. The van der Waals surface area contributed by atoms with Gasteiger partial charge in [-0.05, 0) is 0 Å². The molecule has 110 valence electrons. The molecule has 0 fully saturated rings. The van der Waals surface area contributed by atoms with Crippen LogP contribution in [0, 0.1) is 0 Å². The summed E-state index contributed by atoms with van der Waals surface area (Å²) in [6.07, 6.45) is 0.479. The molecule has 9 nitrogen and oxygen atoms in total. The molecule has 1 unspecified atom stereocenters. The molecule has 0 aromatic heterocycles. The van der Waals surface area contributed by atoms with Gasteiger partial charge in [-0.15, -0.1) is 0 Å². The fourth-order valence-electron chi connectivity index (χ4n) is 1.06. The van der Waals surface area contributed by atoms with Gasteiger partial charge in [-0.1, -0.05) is 0 Å². The number of carboxylic acid groups (broad SMARTS) is 1. The molecule has 0 aliphatic carbocycles. The minimum atomic E-state index is -3.23. The molecule has 10 heteroatoms. The Kier molecular flexibility index (Phi) is 6.25. The molecule has 0 heterocycles. The first kappa shape index (κ1) is 17.2. The highest BCUT2D eigenvalue weighted by Crippen LogP contribution is 1.95. The van der Waals surface area contributed by atoms with Crippen molar-refractivity contribution in [3.63, 3.8) is 0 Å². The third kappa shape index (κ3) is 7.97. The third-order valence-electron chi connectivity index (χ3n) is 2.15. The summed E-state index contributed by atoms with van der Waals surface area (Å²) in [4.78, 5) is 34.0. The molecule has 0 saturated heterocycles. The van der Waals surface area contributed by atoms with E-state index in [1.165, 1.54) is 7.05 Å². The van der Waals surface area contributed by atoms with Crippen LogP contribution in [0.2, 0.25) is 0 Å². The number of nitrogens with zero attached hydrogens (tertiary/aromatic N) is 1. The maximum atomic E-state index is 11.6. The molecular weight excluding hydrogens is 278 g/mol. The quantitative estimate of drug-likeness (QED) is 0.495. The topological polar surface area (TPSA) is 147 Å². The molecule has 1 atom stereocenters. The van der Waals surface area contributed by atoms with Gasteiger partial charge in [0.15, 0.2) is 0 Å². The predicted molar refractivity (Wildman–Crippen MR) is 66.1 cm³/mol. The van der Waals surface area contributed by atoms with Crippen molar-refractivity contribution in [2.24, 2.45) is 5.73 Å². The minimum Gasteiger partial charge on any atom is -0.480 e. The summed E-state index contributed by atoms with van der Waals surface area (Å²) in [6.45, 7) is -0.0897. The summed E-state index contributed by atoms with van der Waals surface area (Å²) < 4.78 is 21.8. The molecule has 4 N–H and O–H groups in total. The number of urea groups is 1. The molecule has 0 bridgehead atoms. The zero-order valence-corrected chi connectivity index (χ0v) is 11.4. The molecule has 0 aromatic rings. The van der Waals surface area contributed by atoms with Crippen LogP contribution in [0.1, 0.15) is 6.42 Å². The second-order valence-electron chi connectivity index (χ2n) is 4.06. The van der Waals surface area contributed by atoms with Crippen LogP contribution in [-0.4, -0.2) is 68.0 Å². The number of hydrogen-bond acceptors (Lipinski definition) is 5. The van der Waals surface area contributed by atoms with E-state index in [1.807, 2.05) is 0 Å². The van der Waals surface area contributed by atoms with Crippen molar-refractivity contribution in [3.8, 4) is 0 Å². The molecular formula is C9H17N3O6S. The lowest BCUT2D eigenvalue weighted by Crippen LogP contribution is -2.49. The van der Waals surface area contributed by atoms with E-state index in [2.05, 4.69) is 5.32 Å². The Morgan fingerprint density at radius 1 is 1.37 bits per heavy atom. The van der Waals surface area contributed by atoms with Crippen LogP contribution in [0.15, 0.2) is 0 Å². The van der Waals surface area contributed by atoms with Crippen molar-refractivity contribution in [2.45, 2.75) is 12.5 Å². The highest BCUT2D eigenvalue weighted by atomic mass is 32.2. The fourth-order valence-corrected chi connectivity index (χ4v) is 1.67. The van der Waals surface area contributed by atoms with Gasteiger partial charge in [0.1, 0.15) is 15.9 Å². The monoisotopic (exact) mass is 295 g/mol. The van der Waals surface area contributed by atoms with Gasteiger partial charge in [0.25, 0.3) is 0 Å². The SMILES string of the molecule is CN(CCS(C)(=O)=O)C(=O)NC(CC(N)=O)C(=O)O. The maximum absolute atomic E-state index is 11.6. The smallest absolute Gasteiger partial charge is 0.326 e. The highest BCUT2D eigenvalue weighted by Gasteiger charge is 2.23. The maximum Gasteiger partial charge on any atom is 0.326 e. The zero-order valence-electron chi connectivity index (χ0n) is 10.6. The molecule has 0 aliphatic heterocycles. The van der Waals surface area contributed by atoms with Gasteiger partial charge in [-0.2, -0.15) is 0 Å². The first-order valence-corrected chi connectivity index (χ1v) is 7.29. The van der Waals surface area contributed by atoms with Crippen LogP contribution >= 0.6 is 0 Å². The number of nitrogens with one attached hydrogen (secondary N) is 1. The van der Waals surface area contributed by atoms with E-state index < -0.39 is 40.2 Å². The number of carboxylic acids is 1. The largest absolute Gasteiger partial charge is 0.480 e. The van der Waals surface area contributed by atoms with Gasteiger partial charge in [-0.3, -0.25) is 4.79 Å². The Morgan fingerprint density at radius 2 is 1.89 bits per heavy atom. The Morgan fingerprint density at radius 3 is 2.26 bits per heavy atom. The van der Waals surface area contributed by atoms with Gasteiger partial charge < -0.3 is 21.1 Å². The predicted octanol–water partition coefficient (Wildman–Crippen LogP) is -2.00. The van der Waals surface area contributed by atoms with E-state index >= 15 is 0 Å². The summed E-state index contributed by atoms with van der Waals surface area (Å²) in [6, 6.07) is -2.23. The molecule has 0 aliphatic rings. The Hall–Kier alpha value is -1.84. The number of carbonyl (C=O) groups is 3. The normalized spacial score (nSPS) is 12.5. The van der Waals surface area contributed by atoms with Gasteiger partial charge in [0.05, 0.1) is 12.2 Å². The number of aliphatic carboxylic acids is 1. The number of amides is 3. The minimum absolute atomic E-state index is 0.0897. The van der Waals surface area contributed by atoms with Crippen LogP contribution in [0.4, 0.5) is 4.79 Å². The number of sulfone groups is 1. The lowest BCUT2D eigenvalue weighted by atomic mass is 10.2. The number of carbonyl (C=O) groups excluding carboxylic acids is 2. The lowest BCUT2D eigenvalue weighted by Gasteiger charge is -2.20. The number of primary amides is 1. The summed E-state index contributed by atoms with van der Waals surface area (Å²) >= 11 is 0. The Balaban J connectivity index is 4.47. The van der Waals surface area contributed by atoms with Crippen molar-refractivity contribution in [3.05, 3.63) is 0 Å². The van der Waals surface area contributed by atoms with E-state index in [1.54, 1.807) is 0 Å². The summed E-state index contributed by atoms with van der Waals surface area (Å²) in [5, 5.41) is 10.9. The molecule has 19 heavy (non-hydrogen) atoms. The molecule has 0 radical (unpaired) electrons. The third-order valence-corrected chi connectivity index (χ3v) is 3.07. The van der Waals surface area contributed by atoms with E-state index in [4.69, 9.17) is 10.8 Å². The van der Waals surface area contributed by atoms with Crippen LogP contribution in [0.3, 0.4) is 0 Å². The van der Waals surface area contributed by atoms with Crippen LogP contribution in [-0.2, 0) is 19.4 Å². The molecule has 0 rings (SSSR count). The first-order valence-electron chi connectivity index (χ1n) is 5.23. The average Bonchev–Trinajstić information content (AvgIpc) is 2.22. The van der Waals surface area contributed by atoms with E-state index in [0.29, 0.717) is 0 Å². The van der Waals surface area contributed by atoms with Crippen molar-refractivity contribution >= 4 is 27.7 Å². The van der Waals surface area contributed by atoms with Crippen molar-refractivity contribution in [2.75, 3.05) is 25.6 Å². The van der Waals surface area contributed by atoms with Crippen molar-refractivity contribution in [1.29, 1.82) is 0 Å². The fraction of sp³-hybridized carbons (Fsp3) is 0.667. The lowest BCUT2D eigenvalue weighted by molar-refractivity contribution is -0.140. The second kappa shape index (κ2) is 6.92. The van der Waals surface area contributed by atoms with Gasteiger partial charge in [-0.25, -0.2) is 18.0 Å². The summed E-state index contributed by atoms with van der Waals surface area (Å²) in [5.41, 5.74) is 4.85. The number of rotatable bonds is 7. The molecule has 0 spiro atoms. The van der Waals surface area contributed by atoms with Crippen LogP contribution in [0.5, 0.6) is 0 Å². The van der Waals surface area contributed by atoms with Gasteiger partial charge >= 0.3 is 12.0 Å². The second-order valence-corrected chi connectivity index (χ2v) is 6.32. The Bertz CT molecular complexity index is 461. The summed E-state index contributed by atoms with van der Waals surface area (Å²) in [7, 11) is -1.92. The zero-order chi connectivity index (χ0) is 15.2. The number of hydrogen-bond donors (Lipinski definition) is 3. The standard InChI is InChI=1S/C9H17N3O6S/c1-12(3-4-19(2,17)18)9(16)11-6(8(14)15)5-7(10)13/h6H,3-5H2,1-2H3,(H2,10,13)(H,11,16)(H,14,15). The summed E-state index contributed by atoms with van der Waals surface area (Å²) in [5.74, 6) is -2.51. The van der Waals surface area contributed by atoms with Gasteiger partial charge in [0, 0.05) is 19.8 Å². The number of nitrogens with two attached hydrogens (primary N) is 1. The van der Waals surface area contributed by atoms with Crippen molar-refractivity contribution < 1.29 is 27.9 Å². The van der Waals surface area contributed by atoms with Gasteiger partial charge in [0.2, 0.25) is 5.91 Å². The molecule has 3 amide bonds. The molecule has 0 aromatic carbocycles. The first-order chi connectivity index (χ1) is 8.53. The van der Waals surface area contributed by atoms with E-state index in [9.17, 15) is 22.8 Å². The van der Waals surface area contributed by atoms with Crippen LogP contribution in [0.25, 0.3) is 0 Å². The van der Waals surface area contributed by atoms with Crippen molar-refractivity contribution in [1.82, 2.24) is 10.2 Å². The Labute approximate surface area is 110 Å². The molecule has 0 saturated carbocycles. The van der Waals surface area contributed by atoms with E-state index in [-0.39, 0.29) is 12.3 Å². The average molecular weight is 295 g/mol. The van der Waals surface area contributed by atoms with Crippen LogP contribution < -0.4 is 11.1 Å². The van der Waals surface area contributed by atoms with E-state index in [0.717, 1.165) is 11.2 Å².